The van der Waals surface area contributed by atoms with Gasteiger partial charge in [-0.25, -0.2) is 4.39 Å². The highest BCUT2D eigenvalue weighted by atomic mass is 35.5. The Kier molecular flexibility index (Phi) is 3.08. The molecule has 0 saturated heterocycles. The summed E-state index contributed by atoms with van der Waals surface area (Å²) in [5.41, 5.74) is 1.34. The van der Waals surface area contributed by atoms with Crippen LogP contribution in [-0.4, -0.2) is 5.11 Å². The largest absolute Gasteiger partial charge is 0.385 e. The summed E-state index contributed by atoms with van der Waals surface area (Å²) >= 11 is 5.96. The zero-order valence-electron chi connectivity index (χ0n) is 10.4. The van der Waals surface area contributed by atoms with E-state index in [4.69, 9.17) is 11.6 Å². The van der Waals surface area contributed by atoms with Gasteiger partial charge in [-0.05, 0) is 47.7 Å². The van der Waals surface area contributed by atoms with Gasteiger partial charge in [-0.1, -0.05) is 35.9 Å². The monoisotopic (exact) mass is 276 g/mol. The molecule has 1 aliphatic rings. The van der Waals surface area contributed by atoms with Crippen LogP contribution in [0.5, 0.6) is 0 Å². The lowest BCUT2D eigenvalue weighted by atomic mass is 9.89. The standard InChI is InChI=1S/C16H14ClFO/c17-12-4-1-3-11(9-12)10-16(19)8-7-13-14(16)5-2-6-15(13)18/h1-6,9,19H,7-8,10H2. The minimum absolute atomic E-state index is 0.223. The molecule has 98 valence electrons. The second-order valence-corrected chi connectivity index (χ2v) is 5.54. The Morgan fingerprint density at radius 2 is 2.00 bits per heavy atom. The van der Waals surface area contributed by atoms with Gasteiger partial charge >= 0.3 is 0 Å². The molecule has 1 N–H and O–H groups in total. The SMILES string of the molecule is OC1(Cc2cccc(Cl)c2)CCc2c(F)cccc21. The quantitative estimate of drug-likeness (QED) is 0.883. The van der Waals surface area contributed by atoms with Crippen LogP contribution in [0.4, 0.5) is 4.39 Å². The highest BCUT2D eigenvalue weighted by molar-refractivity contribution is 6.30. The van der Waals surface area contributed by atoms with E-state index in [0.29, 0.717) is 35.4 Å². The summed E-state index contributed by atoms with van der Waals surface area (Å²) < 4.78 is 13.7. The molecule has 0 heterocycles. The Bertz CT molecular complexity index is 626. The van der Waals surface area contributed by atoms with Gasteiger partial charge in [-0.15, -0.1) is 0 Å². The van der Waals surface area contributed by atoms with Crippen LogP contribution in [0, 0.1) is 5.82 Å². The fraction of sp³-hybridized carbons (Fsp3) is 0.250. The van der Waals surface area contributed by atoms with Crippen molar-refractivity contribution >= 4 is 11.6 Å². The Hall–Kier alpha value is -1.38. The Labute approximate surface area is 116 Å². The van der Waals surface area contributed by atoms with Gasteiger partial charge in [0.15, 0.2) is 0 Å². The molecule has 1 unspecified atom stereocenters. The first kappa shape index (κ1) is 12.6. The van der Waals surface area contributed by atoms with Crippen LogP contribution in [0.2, 0.25) is 5.02 Å². The Balaban J connectivity index is 1.97. The lowest BCUT2D eigenvalue weighted by molar-refractivity contribution is 0.0389. The Morgan fingerprint density at radius 3 is 2.79 bits per heavy atom. The predicted molar refractivity (Wildman–Crippen MR) is 73.8 cm³/mol. The van der Waals surface area contributed by atoms with E-state index >= 15 is 0 Å². The van der Waals surface area contributed by atoms with Crippen LogP contribution in [-0.2, 0) is 18.4 Å². The number of aliphatic hydroxyl groups is 1. The summed E-state index contributed by atoms with van der Waals surface area (Å²) in [6, 6.07) is 12.4. The fourth-order valence-corrected chi connectivity index (χ4v) is 3.10. The summed E-state index contributed by atoms with van der Waals surface area (Å²) in [7, 11) is 0. The molecule has 0 aliphatic heterocycles. The van der Waals surface area contributed by atoms with Crippen molar-refractivity contribution in [2.75, 3.05) is 0 Å². The summed E-state index contributed by atoms with van der Waals surface area (Å²) in [5.74, 6) is -0.223. The van der Waals surface area contributed by atoms with E-state index in [1.54, 1.807) is 12.1 Å². The van der Waals surface area contributed by atoms with Gasteiger partial charge in [-0.3, -0.25) is 0 Å². The van der Waals surface area contributed by atoms with Gasteiger partial charge < -0.3 is 5.11 Å². The molecule has 0 aromatic heterocycles. The van der Waals surface area contributed by atoms with Crippen molar-refractivity contribution in [2.24, 2.45) is 0 Å². The van der Waals surface area contributed by atoms with Crippen molar-refractivity contribution in [3.63, 3.8) is 0 Å². The van der Waals surface area contributed by atoms with E-state index in [1.807, 2.05) is 24.3 Å². The molecule has 3 rings (SSSR count). The lowest BCUT2D eigenvalue weighted by Gasteiger charge is -2.24. The van der Waals surface area contributed by atoms with Gasteiger partial charge in [0.05, 0.1) is 5.60 Å². The molecule has 19 heavy (non-hydrogen) atoms. The lowest BCUT2D eigenvalue weighted by Crippen LogP contribution is -2.25. The predicted octanol–water partition coefficient (Wildman–Crippen LogP) is 3.86. The summed E-state index contributed by atoms with van der Waals surface area (Å²) in [6.45, 7) is 0. The maximum atomic E-state index is 13.7. The first-order valence-electron chi connectivity index (χ1n) is 6.33. The average molecular weight is 277 g/mol. The molecule has 0 spiro atoms. The van der Waals surface area contributed by atoms with Crippen LogP contribution in [0.1, 0.15) is 23.1 Å². The van der Waals surface area contributed by atoms with Crippen LogP contribution in [0.15, 0.2) is 42.5 Å². The number of fused-ring (bicyclic) bond motifs is 1. The molecule has 0 bridgehead atoms. The molecular formula is C16H14ClFO. The number of hydrogen-bond acceptors (Lipinski definition) is 1. The average Bonchev–Trinajstić information content (AvgIpc) is 2.69. The second-order valence-electron chi connectivity index (χ2n) is 5.10. The third-order valence-corrected chi connectivity index (χ3v) is 4.03. The maximum Gasteiger partial charge on any atom is 0.126 e. The van der Waals surface area contributed by atoms with Crippen molar-refractivity contribution < 1.29 is 9.50 Å². The zero-order valence-corrected chi connectivity index (χ0v) is 11.1. The molecule has 0 saturated carbocycles. The molecule has 1 nitrogen and oxygen atoms in total. The molecule has 0 fully saturated rings. The number of hydrogen-bond donors (Lipinski definition) is 1. The van der Waals surface area contributed by atoms with E-state index in [1.165, 1.54) is 6.07 Å². The second kappa shape index (κ2) is 4.62. The van der Waals surface area contributed by atoms with E-state index in [2.05, 4.69) is 0 Å². The van der Waals surface area contributed by atoms with Gasteiger partial charge in [0.1, 0.15) is 5.82 Å². The third kappa shape index (κ3) is 2.26. The molecule has 2 aromatic rings. The van der Waals surface area contributed by atoms with Crippen molar-refractivity contribution in [2.45, 2.75) is 24.9 Å². The van der Waals surface area contributed by atoms with Crippen molar-refractivity contribution in [1.82, 2.24) is 0 Å². The molecular weight excluding hydrogens is 263 g/mol. The zero-order chi connectivity index (χ0) is 13.5. The van der Waals surface area contributed by atoms with E-state index < -0.39 is 5.60 Å². The molecule has 0 amide bonds. The molecule has 2 aromatic carbocycles. The fourth-order valence-electron chi connectivity index (χ4n) is 2.88. The first-order valence-corrected chi connectivity index (χ1v) is 6.71. The smallest absolute Gasteiger partial charge is 0.126 e. The van der Waals surface area contributed by atoms with Crippen LogP contribution in [0.3, 0.4) is 0 Å². The molecule has 1 aliphatic carbocycles. The van der Waals surface area contributed by atoms with Gasteiger partial charge in [-0.2, -0.15) is 0 Å². The van der Waals surface area contributed by atoms with Crippen LogP contribution in [0.25, 0.3) is 0 Å². The van der Waals surface area contributed by atoms with Crippen molar-refractivity contribution in [3.8, 4) is 0 Å². The number of benzene rings is 2. The van der Waals surface area contributed by atoms with Gasteiger partial charge in [0.25, 0.3) is 0 Å². The Morgan fingerprint density at radius 1 is 1.21 bits per heavy atom. The summed E-state index contributed by atoms with van der Waals surface area (Å²) in [6.07, 6.45) is 1.60. The minimum Gasteiger partial charge on any atom is -0.385 e. The highest BCUT2D eigenvalue weighted by Gasteiger charge is 2.37. The minimum atomic E-state index is -0.984. The highest BCUT2D eigenvalue weighted by Crippen LogP contribution is 2.40. The van der Waals surface area contributed by atoms with E-state index in [-0.39, 0.29) is 5.82 Å². The van der Waals surface area contributed by atoms with Crippen molar-refractivity contribution in [3.05, 3.63) is 70.0 Å². The maximum absolute atomic E-state index is 13.7. The summed E-state index contributed by atoms with van der Waals surface area (Å²) in [5, 5.41) is 11.5. The molecule has 0 radical (unpaired) electrons. The van der Waals surface area contributed by atoms with Gasteiger partial charge in [0.2, 0.25) is 0 Å². The van der Waals surface area contributed by atoms with Crippen LogP contribution < -0.4 is 0 Å². The molecule has 1 atom stereocenters. The normalized spacial score (nSPS) is 21.4. The first-order chi connectivity index (χ1) is 9.08. The number of rotatable bonds is 2. The van der Waals surface area contributed by atoms with Gasteiger partial charge in [0, 0.05) is 11.4 Å². The van der Waals surface area contributed by atoms with Crippen molar-refractivity contribution in [1.29, 1.82) is 0 Å². The number of halogens is 2. The van der Waals surface area contributed by atoms with Crippen LogP contribution >= 0.6 is 11.6 Å². The third-order valence-electron chi connectivity index (χ3n) is 3.79. The topological polar surface area (TPSA) is 20.2 Å². The van der Waals surface area contributed by atoms with E-state index in [0.717, 1.165) is 5.56 Å². The van der Waals surface area contributed by atoms with E-state index in [9.17, 15) is 9.50 Å². The summed E-state index contributed by atoms with van der Waals surface area (Å²) in [4.78, 5) is 0. The molecule has 3 heteroatoms.